The fourth-order valence-corrected chi connectivity index (χ4v) is 3.69. The van der Waals surface area contributed by atoms with Gasteiger partial charge in [-0.15, -0.1) is 0 Å². The van der Waals surface area contributed by atoms with Gasteiger partial charge in [-0.25, -0.2) is 4.79 Å². The molecule has 0 aromatic rings. The number of carbonyl (C=O) groups is 2. The van der Waals surface area contributed by atoms with E-state index in [9.17, 15) is 14.7 Å². The Kier molecular flexibility index (Phi) is 6.72. The highest BCUT2D eigenvalue weighted by Crippen LogP contribution is 2.32. The highest BCUT2D eigenvalue weighted by Gasteiger charge is 2.38. The third kappa shape index (κ3) is 5.59. The molecule has 2 saturated carbocycles. The van der Waals surface area contributed by atoms with Crippen molar-refractivity contribution in [3.05, 3.63) is 0 Å². The van der Waals surface area contributed by atoms with Crippen molar-refractivity contribution in [3.63, 3.8) is 0 Å². The van der Waals surface area contributed by atoms with Gasteiger partial charge in [-0.3, -0.25) is 4.79 Å². The molecule has 0 aromatic heterocycles. The first-order valence-electron chi connectivity index (χ1n) is 9.58. The van der Waals surface area contributed by atoms with Crippen molar-refractivity contribution in [2.75, 3.05) is 13.7 Å². The summed E-state index contributed by atoms with van der Waals surface area (Å²) >= 11 is 0. The number of hydrogen-bond acceptors (Lipinski definition) is 4. The second-order valence-corrected chi connectivity index (χ2v) is 8.62. The van der Waals surface area contributed by atoms with Gasteiger partial charge < -0.3 is 20.1 Å². The van der Waals surface area contributed by atoms with Crippen LogP contribution in [0.1, 0.15) is 65.7 Å². The van der Waals surface area contributed by atoms with Crippen LogP contribution in [0.3, 0.4) is 0 Å². The summed E-state index contributed by atoms with van der Waals surface area (Å²) in [5, 5.41) is 12.2. The topological polar surface area (TPSA) is 78.9 Å². The average Bonchev–Trinajstić information content (AvgIpc) is 2.48. The van der Waals surface area contributed by atoms with Gasteiger partial charge in [-0.1, -0.05) is 0 Å². The molecule has 2 N–H and O–H groups in total. The lowest BCUT2D eigenvalue weighted by molar-refractivity contribution is -0.137. The van der Waals surface area contributed by atoms with Crippen LogP contribution in [0.25, 0.3) is 0 Å². The van der Waals surface area contributed by atoms with Gasteiger partial charge in [0.05, 0.1) is 0 Å². The molecule has 6 nitrogen and oxygen atoms in total. The molecule has 0 radical (unpaired) electrons. The van der Waals surface area contributed by atoms with Crippen LogP contribution in [-0.4, -0.2) is 53.3 Å². The Bertz CT molecular complexity index is 463. The molecule has 2 amide bonds. The lowest BCUT2D eigenvalue weighted by atomic mass is 9.78. The van der Waals surface area contributed by atoms with Crippen LogP contribution in [-0.2, 0) is 9.53 Å². The smallest absolute Gasteiger partial charge is 0.408 e. The second-order valence-electron chi connectivity index (χ2n) is 8.62. The number of amides is 2. The summed E-state index contributed by atoms with van der Waals surface area (Å²) in [5.41, 5.74) is -0.591. The first kappa shape index (κ1) is 20.0. The number of ether oxygens (including phenoxy) is 1. The second kappa shape index (κ2) is 8.39. The Morgan fingerprint density at radius 3 is 2.20 bits per heavy atom. The minimum Gasteiger partial charge on any atom is -0.444 e. The molecule has 2 rings (SSSR count). The molecule has 1 atom stereocenters. The molecule has 6 heteroatoms. The van der Waals surface area contributed by atoms with E-state index in [1.807, 2.05) is 32.7 Å². The predicted octanol–water partition coefficient (Wildman–Crippen LogP) is 2.69. The third-order valence-electron chi connectivity index (χ3n) is 5.53. The molecule has 0 bridgehead atoms. The highest BCUT2D eigenvalue weighted by atomic mass is 16.6. The minimum atomic E-state index is -0.591. The maximum atomic E-state index is 13.0. The van der Waals surface area contributed by atoms with E-state index in [-0.39, 0.29) is 18.4 Å². The van der Waals surface area contributed by atoms with Crippen molar-refractivity contribution in [2.24, 2.45) is 11.8 Å². The van der Waals surface area contributed by atoms with Crippen molar-refractivity contribution in [2.45, 2.75) is 83.4 Å². The normalized spacial score (nSPS) is 25.6. The van der Waals surface area contributed by atoms with Gasteiger partial charge in [0.1, 0.15) is 11.6 Å². The molecule has 0 unspecified atom stereocenters. The molecule has 144 valence electrons. The van der Waals surface area contributed by atoms with Crippen LogP contribution >= 0.6 is 0 Å². The van der Waals surface area contributed by atoms with Crippen molar-refractivity contribution >= 4 is 12.0 Å². The molecule has 0 aromatic carbocycles. The molecular weight excluding hydrogens is 320 g/mol. The standard InChI is InChI=1S/C19H34N2O4/c1-19(2,3)25-18(24)20-16(14-10-8-13(12-22)9-11-14)17(23)21(4)15-6-5-7-15/h13-16,22H,5-12H2,1-4H3,(H,20,24)/t13?,14?,16-/m0/s1. The zero-order valence-corrected chi connectivity index (χ0v) is 16.1. The van der Waals surface area contributed by atoms with E-state index in [2.05, 4.69) is 5.32 Å². The molecule has 2 aliphatic rings. The maximum Gasteiger partial charge on any atom is 0.408 e. The number of aliphatic hydroxyl groups is 1. The van der Waals surface area contributed by atoms with Gasteiger partial charge in [-0.2, -0.15) is 0 Å². The van der Waals surface area contributed by atoms with Crippen LogP contribution in [0.15, 0.2) is 0 Å². The Morgan fingerprint density at radius 1 is 1.16 bits per heavy atom. The lowest BCUT2D eigenvalue weighted by Crippen LogP contribution is -2.55. The van der Waals surface area contributed by atoms with E-state index < -0.39 is 17.7 Å². The lowest BCUT2D eigenvalue weighted by Gasteiger charge is -2.40. The van der Waals surface area contributed by atoms with Crippen molar-refractivity contribution in [3.8, 4) is 0 Å². The Hall–Kier alpha value is -1.30. The molecule has 25 heavy (non-hydrogen) atoms. The summed E-state index contributed by atoms with van der Waals surface area (Å²) < 4.78 is 5.37. The summed E-state index contributed by atoms with van der Waals surface area (Å²) in [6.07, 6.45) is 6.19. The van der Waals surface area contributed by atoms with Gasteiger partial charge in [0.15, 0.2) is 0 Å². The highest BCUT2D eigenvalue weighted by molar-refractivity contribution is 5.86. The van der Waals surface area contributed by atoms with Crippen LogP contribution in [0.4, 0.5) is 4.79 Å². The Morgan fingerprint density at radius 2 is 1.76 bits per heavy atom. The SMILES string of the molecule is CN(C(=O)[C@@H](NC(=O)OC(C)(C)C)C1CCC(CO)CC1)C1CCC1. The minimum absolute atomic E-state index is 0.0111. The first-order valence-corrected chi connectivity index (χ1v) is 9.58. The number of rotatable bonds is 5. The Balaban J connectivity index is 2.04. The van der Waals surface area contributed by atoms with Crippen LogP contribution in [0.5, 0.6) is 0 Å². The molecule has 0 spiro atoms. The zero-order chi connectivity index (χ0) is 18.6. The third-order valence-corrected chi connectivity index (χ3v) is 5.53. The molecule has 0 heterocycles. The number of nitrogens with zero attached hydrogens (tertiary/aromatic N) is 1. The fourth-order valence-electron chi connectivity index (χ4n) is 3.69. The molecule has 0 saturated heterocycles. The van der Waals surface area contributed by atoms with Gasteiger partial charge >= 0.3 is 6.09 Å². The van der Waals surface area contributed by atoms with E-state index in [0.29, 0.717) is 12.0 Å². The first-order chi connectivity index (χ1) is 11.7. The molecule has 2 fully saturated rings. The van der Waals surface area contributed by atoms with Crippen molar-refractivity contribution < 1.29 is 19.4 Å². The maximum absolute atomic E-state index is 13.0. The fraction of sp³-hybridized carbons (Fsp3) is 0.895. The number of aliphatic hydroxyl groups excluding tert-OH is 1. The summed E-state index contributed by atoms with van der Waals surface area (Å²) in [7, 11) is 1.84. The monoisotopic (exact) mass is 354 g/mol. The predicted molar refractivity (Wildman–Crippen MR) is 96.1 cm³/mol. The summed E-state index contributed by atoms with van der Waals surface area (Å²) in [6, 6.07) is -0.246. The average molecular weight is 354 g/mol. The summed E-state index contributed by atoms with van der Waals surface area (Å²) in [6.45, 7) is 5.65. The van der Waals surface area contributed by atoms with E-state index in [4.69, 9.17) is 4.74 Å². The van der Waals surface area contributed by atoms with Crippen LogP contribution in [0.2, 0.25) is 0 Å². The van der Waals surface area contributed by atoms with Crippen LogP contribution < -0.4 is 5.32 Å². The zero-order valence-electron chi connectivity index (χ0n) is 16.1. The van der Waals surface area contributed by atoms with Gasteiger partial charge in [0, 0.05) is 19.7 Å². The number of hydrogen-bond donors (Lipinski definition) is 2. The van der Waals surface area contributed by atoms with Gasteiger partial charge in [0.25, 0.3) is 0 Å². The molecule has 2 aliphatic carbocycles. The quantitative estimate of drug-likeness (QED) is 0.796. The molecule has 0 aliphatic heterocycles. The number of nitrogens with one attached hydrogen (secondary N) is 1. The van der Waals surface area contributed by atoms with Crippen LogP contribution in [0, 0.1) is 11.8 Å². The van der Waals surface area contributed by atoms with Crippen molar-refractivity contribution in [1.29, 1.82) is 0 Å². The van der Waals surface area contributed by atoms with Crippen molar-refractivity contribution in [1.82, 2.24) is 10.2 Å². The van der Waals surface area contributed by atoms with E-state index >= 15 is 0 Å². The molecular formula is C19H34N2O4. The van der Waals surface area contributed by atoms with Gasteiger partial charge in [0.2, 0.25) is 5.91 Å². The summed E-state index contributed by atoms with van der Waals surface area (Å²) in [5.74, 6) is 0.409. The van der Waals surface area contributed by atoms with E-state index in [0.717, 1.165) is 44.9 Å². The summed E-state index contributed by atoms with van der Waals surface area (Å²) in [4.78, 5) is 27.1. The van der Waals surface area contributed by atoms with E-state index in [1.165, 1.54) is 0 Å². The number of carbonyl (C=O) groups excluding carboxylic acids is 2. The number of likely N-dealkylation sites (N-methyl/N-ethyl adjacent to an activating group) is 1. The van der Waals surface area contributed by atoms with Gasteiger partial charge in [-0.05, 0) is 77.6 Å². The van der Waals surface area contributed by atoms with E-state index in [1.54, 1.807) is 0 Å². The largest absolute Gasteiger partial charge is 0.444 e. The number of alkyl carbamates (subject to hydrolysis) is 1. The Labute approximate surface area is 151 Å².